The van der Waals surface area contributed by atoms with Gasteiger partial charge in [-0.15, -0.1) is 0 Å². The topological polar surface area (TPSA) is 47.0 Å². The van der Waals surface area contributed by atoms with Crippen molar-refractivity contribution in [2.75, 3.05) is 13.7 Å². The molecule has 1 atom stereocenters. The van der Waals surface area contributed by atoms with Crippen LogP contribution in [0.3, 0.4) is 0 Å². The average Bonchev–Trinajstić information content (AvgIpc) is 2.52. The minimum absolute atomic E-state index is 0.224. The molecule has 0 amide bonds. The zero-order valence-electron chi connectivity index (χ0n) is 12.0. The van der Waals surface area contributed by atoms with Crippen LogP contribution in [-0.4, -0.2) is 23.9 Å². The summed E-state index contributed by atoms with van der Waals surface area (Å²) in [4.78, 5) is 0. The molecule has 4 heteroatoms. The highest BCUT2D eigenvalue weighted by Gasteiger charge is 2.14. The number of methoxy groups -OCH3 is 1. The first-order chi connectivity index (χ1) is 9.85. The first-order valence-corrected chi connectivity index (χ1v) is 6.97. The standard InChI is InChI=1S/C16H21N3O/c1-3-9-17-15(14-8-10-18-19-12-14)11-13-6-4-5-7-16(13)20-2/h4-8,10,12,15,17H,3,9,11H2,1-2H3. The lowest BCUT2D eigenvalue weighted by Crippen LogP contribution is -2.24. The summed E-state index contributed by atoms with van der Waals surface area (Å²) in [6.45, 7) is 3.14. The first kappa shape index (κ1) is 14.5. The van der Waals surface area contributed by atoms with Gasteiger partial charge in [0, 0.05) is 12.2 Å². The normalized spacial score (nSPS) is 12.1. The fourth-order valence-corrected chi connectivity index (χ4v) is 2.23. The highest BCUT2D eigenvalue weighted by molar-refractivity contribution is 5.34. The van der Waals surface area contributed by atoms with E-state index >= 15 is 0 Å². The molecule has 0 fully saturated rings. The van der Waals surface area contributed by atoms with Gasteiger partial charge < -0.3 is 10.1 Å². The van der Waals surface area contributed by atoms with Crippen LogP contribution in [0.2, 0.25) is 0 Å². The molecule has 0 saturated heterocycles. The van der Waals surface area contributed by atoms with Crippen LogP contribution in [0.15, 0.2) is 42.7 Å². The van der Waals surface area contributed by atoms with E-state index in [1.165, 1.54) is 5.56 Å². The number of aromatic nitrogens is 2. The molecule has 2 aromatic rings. The summed E-state index contributed by atoms with van der Waals surface area (Å²) in [5.41, 5.74) is 2.35. The molecule has 1 aromatic heterocycles. The van der Waals surface area contributed by atoms with Crippen molar-refractivity contribution < 1.29 is 4.74 Å². The summed E-state index contributed by atoms with van der Waals surface area (Å²) >= 11 is 0. The van der Waals surface area contributed by atoms with Crippen molar-refractivity contribution in [1.29, 1.82) is 0 Å². The number of hydrogen-bond donors (Lipinski definition) is 1. The lowest BCUT2D eigenvalue weighted by Gasteiger charge is -2.19. The van der Waals surface area contributed by atoms with Gasteiger partial charge in [0.1, 0.15) is 5.75 Å². The van der Waals surface area contributed by atoms with Gasteiger partial charge >= 0.3 is 0 Å². The lowest BCUT2D eigenvalue weighted by molar-refractivity contribution is 0.405. The van der Waals surface area contributed by atoms with Crippen LogP contribution in [-0.2, 0) is 6.42 Å². The predicted octanol–water partition coefficient (Wildman–Crippen LogP) is 2.77. The van der Waals surface area contributed by atoms with E-state index in [-0.39, 0.29) is 6.04 Å². The van der Waals surface area contributed by atoms with Crippen LogP contribution >= 0.6 is 0 Å². The van der Waals surface area contributed by atoms with Crippen molar-refractivity contribution in [2.24, 2.45) is 0 Å². The number of para-hydroxylation sites is 1. The van der Waals surface area contributed by atoms with Gasteiger partial charge in [-0.1, -0.05) is 25.1 Å². The molecular weight excluding hydrogens is 250 g/mol. The molecule has 0 saturated carbocycles. The Morgan fingerprint density at radius 1 is 1.20 bits per heavy atom. The Morgan fingerprint density at radius 2 is 2.05 bits per heavy atom. The molecule has 1 unspecified atom stereocenters. The number of hydrogen-bond acceptors (Lipinski definition) is 4. The molecule has 4 nitrogen and oxygen atoms in total. The maximum atomic E-state index is 5.43. The van der Waals surface area contributed by atoms with Gasteiger partial charge in [-0.3, -0.25) is 0 Å². The molecule has 0 radical (unpaired) electrons. The van der Waals surface area contributed by atoms with Crippen LogP contribution in [0.5, 0.6) is 5.75 Å². The quantitative estimate of drug-likeness (QED) is 0.841. The lowest BCUT2D eigenvalue weighted by atomic mass is 9.99. The molecule has 0 bridgehead atoms. The number of nitrogens with zero attached hydrogens (tertiary/aromatic N) is 2. The predicted molar refractivity (Wildman–Crippen MR) is 79.8 cm³/mol. The third-order valence-electron chi connectivity index (χ3n) is 3.27. The monoisotopic (exact) mass is 271 g/mol. The minimum atomic E-state index is 0.224. The van der Waals surface area contributed by atoms with Crippen molar-refractivity contribution in [1.82, 2.24) is 15.5 Å². The molecule has 20 heavy (non-hydrogen) atoms. The van der Waals surface area contributed by atoms with Crippen molar-refractivity contribution >= 4 is 0 Å². The zero-order valence-corrected chi connectivity index (χ0v) is 12.0. The Balaban J connectivity index is 2.19. The summed E-state index contributed by atoms with van der Waals surface area (Å²) < 4.78 is 5.43. The summed E-state index contributed by atoms with van der Waals surface area (Å²) in [6.07, 6.45) is 5.53. The molecule has 0 aliphatic heterocycles. The summed E-state index contributed by atoms with van der Waals surface area (Å²) in [7, 11) is 1.71. The van der Waals surface area contributed by atoms with E-state index < -0.39 is 0 Å². The molecule has 0 aliphatic rings. The van der Waals surface area contributed by atoms with E-state index in [2.05, 4.69) is 28.5 Å². The molecule has 0 aliphatic carbocycles. The highest BCUT2D eigenvalue weighted by atomic mass is 16.5. The zero-order chi connectivity index (χ0) is 14.2. The fourth-order valence-electron chi connectivity index (χ4n) is 2.23. The van der Waals surface area contributed by atoms with Crippen LogP contribution in [0, 0.1) is 0 Å². The van der Waals surface area contributed by atoms with Crippen molar-refractivity contribution in [3.05, 3.63) is 53.9 Å². The van der Waals surface area contributed by atoms with Gasteiger partial charge in [-0.05, 0) is 42.6 Å². The number of ether oxygens (including phenoxy) is 1. The number of rotatable bonds is 7. The van der Waals surface area contributed by atoms with E-state index in [0.717, 1.165) is 30.7 Å². The summed E-state index contributed by atoms with van der Waals surface area (Å²) in [5.74, 6) is 0.929. The maximum Gasteiger partial charge on any atom is 0.122 e. The van der Waals surface area contributed by atoms with Gasteiger partial charge in [0.2, 0.25) is 0 Å². The van der Waals surface area contributed by atoms with Crippen molar-refractivity contribution in [3.63, 3.8) is 0 Å². The Labute approximate surface area is 120 Å². The number of nitrogens with one attached hydrogen (secondary N) is 1. The Kier molecular flexibility index (Phi) is 5.50. The fraction of sp³-hybridized carbons (Fsp3) is 0.375. The largest absolute Gasteiger partial charge is 0.496 e. The van der Waals surface area contributed by atoms with Crippen molar-refractivity contribution in [2.45, 2.75) is 25.8 Å². The molecule has 0 spiro atoms. The van der Waals surface area contributed by atoms with Crippen LogP contribution < -0.4 is 10.1 Å². The van der Waals surface area contributed by atoms with Crippen LogP contribution in [0.4, 0.5) is 0 Å². The SMILES string of the molecule is CCCNC(Cc1ccccc1OC)c1ccnnc1. The van der Waals surface area contributed by atoms with Crippen molar-refractivity contribution in [3.8, 4) is 5.75 Å². The van der Waals surface area contributed by atoms with Gasteiger partial charge in [0.15, 0.2) is 0 Å². The second-order valence-corrected chi connectivity index (χ2v) is 4.70. The average molecular weight is 271 g/mol. The van der Waals surface area contributed by atoms with E-state index in [1.807, 2.05) is 30.5 Å². The smallest absolute Gasteiger partial charge is 0.122 e. The first-order valence-electron chi connectivity index (χ1n) is 6.97. The third-order valence-corrected chi connectivity index (χ3v) is 3.27. The molecule has 2 rings (SSSR count). The van der Waals surface area contributed by atoms with E-state index in [9.17, 15) is 0 Å². The second kappa shape index (κ2) is 7.60. The van der Waals surface area contributed by atoms with Crippen LogP contribution in [0.25, 0.3) is 0 Å². The third kappa shape index (κ3) is 3.78. The minimum Gasteiger partial charge on any atom is -0.496 e. The summed E-state index contributed by atoms with van der Waals surface area (Å²) in [5, 5.41) is 11.4. The Bertz CT molecular complexity index is 516. The Hall–Kier alpha value is -1.94. The van der Waals surface area contributed by atoms with E-state index in [1.54, 1.807) is 13.3 Å². The highest BCUT2D eigenvalue weighted by Crippen LogP contribution is 2.24. The van der Waals surface area contributed by atoms with Gasteiger partial charge in [0.25, 0.3) is 0 Å². The molecule has 1 heterocycles. The molecule has 1 N–H and O–H groups in total. The van der Waals surface area contributed by atoms with Gasteiger partial charge in [0.05, 0.1) is 13.3 Å². The van der Waals surface area contributed by atoms with Gasteiger partial charge in [-0.25, -0.2) is 0 Å². The van der Waals surface area contributed by atoms with E-state index in [0.29, 0.717) is 0 Å². The van der Waals surface area contributed by atoms with Crippen LogP contribution in [0.1, 0.15) is 30.5 Å². The molecular formula is C16H21N3O. The van der Waals surface area contributed by atoms with E-state index in [4.69, 9.17) is 4.74 Å². The second-order valence-electron chi connectivity index (χ2n) is 4.70. The molecule has 1 aromatic carbocycles. The number of benzene rings is 1. The van der Waals surface area contributed by atoms with Gasteiger partial charge in [-0.2, -0.15) is 10.2 Å². The molecule has 106 valence electrons. The summed E-state index contributed by atoms with van der Waals surface area (Å²) in [6, 6.07) is 10.4. The Morgan fingerprint density at radius 3 is 2.75 bits per heavy atom. The maximum absolute atomic E-state index is 5.43.